The van der Waals surface area contributed by atoms with Gasteiger partial charge < -0.3 is 0 Å². The van der Waals surface area contributed by atoms with Gasteiger partial charge in [0.25, 0.3) is 6.33 Å². The first-order valence-corrected chi connectivity index (χ1v) is 6.59. The first-order valence-electron chi connectivity index (χ1n) is 6.59. The van der Waals surface area contributed by atoms with E-state index in [4.69, 9.17) is 0 Å². The zero-order chi connectivity index (χ0) is 13.5. The van der Waals surface area contributed by atoms with E-state index < -0.39 is 0 Å². The molecule has 0 atom stereocenters. The van der Waals surface area contributed by atoms with Gasteiger partial charge >= 0.3 is 0 Å². The molecule has 0 amide bonds. The summed E-state index contributed by atoms with van der Waals surface area (Å²) in [7, 11) is 2.07. The fraction of sp³-hybridized carbons (Fsp3) is 0.500. The summed E-state index contributed by atoms with van der Waals surface area (Å²) in [5.74, 6) is 0.545. The minimum absolute atomic E-state index is 0.120. The van der Waals surface area contributed by atoms with Crippen molar-refractivity contribution < 1.29 is 4.57 Å². The Morgan fingerprint density at radius 1 is 1.17 bits per heavy atom. The molecule has 2 nitrogen and oxygen atoms in total. The third-order valence-corrected chi connectivity index (χ3v) is 3.38. The predicted octanol–water partition coefficient (Wildman–Crippen LogP) is 3.48. The Balaban J connectivity index is 2.75. The van der Waals surface area contributed by atoms with Crippen LogP contribution in [0.25, 0.3) is 10.9 Å². The van der Waals surface area contributed by atoms with E-state index in [1.165, 1.54) is 16.6 Å². The van der Waals surface area contributed by atoms with Gasteiger partial charge in [0.15, 0.2) is 5.52 Å². The molecule has 0 fully saturated rings. The quantitative estimate of drug-likeness (QED) is 0.701. The molecular weight excluding hydrogens is 220 g/mol. The SMILES string of the molecule is CC(C)c1ccc2c(C(C)(C)C)[n+](C)cnc2c1. The van der Waals surface area contributed by atoms with Crippen LogP contribution in [0.3, 0.4) is 0 Å². The number of hydrogen-bond acceptors (Lipinski definition) is 1. The van der Waals surface area contributed by atoms with Crippen molar-refractivity contribution in [1.29, 1.82) is 0 Å². The van der Waals surface area contributed by atoms with Gasteiger partial charge in [-0.1, -0.05) is 40.7 Å². The van der Waals surface area contributed by atoms with E-state index in [-0.39, 0.29) is 5.41 Å². The Bertz CT molecular complexity index is 577. The number of aromatic nitrogens is 2. The lowest BCUT2D eigenvalue weighted by Gasteiger charge is -2.19. The van der Waals surface area contributed by atoms with Gasteiger partial charge in [-0.3, -0.25) is 0 Å². The van der Waals surface area contributed by atoms with Gasteiger partial charge in [-0.05, 0) is 28.6 Å². The van der Waals surface area contributed by atoms with Gasteiger partial charge in [-0.15, -0.1) is 0 Å². The highest BCUT2D eigenvalue weighted by atomic mass is 15.0. The fourth-order valence-electron chi connectivity index (χ4n) is 2.54. The monoisotopic (exact) mass is 243 g/mol. The number of fused-ring (bicyclic) bond motifs is 1. The van der Waals surface area contributed by atoms with E-state index in [0.29, 0.717) is 5.92 Å². The van der Waals surface area contributed by atoms with Crippen molar-refractivity contribution in [3.63, 3.8) is 0 Å². The lowest BCUT2D eigenvalue weighted by atomic mass is 9.88. The van der Waals surface area contributed by atoms with Crippen molar-refractivity contribution >= 4 is 10.9 Å². The van der Waals surface area contributed by atoms with Crippen LogP contribution < -0.4 is 4.57 Å². The molecule has 96 valence electrons. The Morgan fingerprint density at radius 3 is 2.39 bits per heavy atom. The number of benzene rings is 1. The molecular formula is C16H23N2+. The van der Waals surface area contributed by atoms with Crippen molar-refractivity contribution in [1.82, 2.24) is 4.98 Å². The zero-order valence-corrected chi connectivity index (χ0v) is 12.3. The predicted molar refractivity (Wildman–Crippen MR) is 75.7 cm³/mol. The van der Waals surface area contributed by atoms with Gasteiger partial charge in [0.1, 0.15) is 5.69 Å². The summed E-state index contributed by atoms with van der Waals surface area (Å²) in [6.07, 6.45) is 1.92. The maximum absolute atomic E-state index is 4.56. The Kier molecular flexibility index (Phi) is 3.14. The topological polar surface area (TPSA) is 16.8 Å². The van der Waals surface area contributed by atoms with Crippen LogP contribution in [0, 0.1) is 0 Å². The van der Waals surface area contributed by atoms with E-state index >= 15 is 0 Å². The highest BCUT2D eigenvalue weighted by Gasteiger charge is 2.25. The van der Waals surface area contributed by atoms with Crippen molar-refractivity contribution in [2.75, 3.05) is 0 Å². The van der Waals surface area contributed by atoms with Crippen molar-refractivity contribution in [3.8, 4) is 0 Å². The summed E-state index contributed by atoms with van der Waals surface area (Å²) in [6.45, 7) is 11.2. The van der Waals surface area contributed by atoms with Gasteiger partial charge in [0, 0.05) is 5.41 Å². The minimum Gasteiger partial charge on any atom is -0.236 e. The van der Waals surface area contributed by atoms with Crippen LogP contribution in [0.2, 0.25) is 0 Å². The largest absolute Gasteiger partial charge is 0.286 e. The summed E-state index contributed by atoms with van der Waals surface area (Å²) in [5.41, 5.74) is 3.91. The molecule has 0 aliphatic rings. The molecule has 0 saturated heterocycles. The molecule has 0 aliphatic heterocycles. The maximum Gasteiger partial charge on any atom is 0.286 e. The lowest BCUT2D eigenvalue weighted by molar-refractivity contribution is -0.683. The van der Waals surface area contributed by atoms with Crippen LogP contribution in [0.1, 0.15) is 51.8 Å². The second-order valence-corrected chi connectivity index (χ2v) is 6.39. The highest BCUT2D eigenvalue weighted by molar-refractivity contribution is 5.81. The maximum atomic E-state index is 4.56. The zero-order valence-electron chi connectivity index (χ0n) is 12.3. The second-order valence-electron chi connectivity index (χ2n) is 6.39. The standard InChI is InChI=1S/C16H23N2/c1-11(2)12-7-8-13-14(9-12)17-10-18(6)15(13)16(3,4)5/h7-11H,1-6H3/q+1. The first-order chi connectivity index (χ1) is 8.30. The van der Waals surface area contributed by atoms with Gasteiger partial charge in [0.05, 0.1) is 12.4 Å². The summed E-state index contributed by atoms with van der Waals surface area (Å²) >= 11 is 0. The van der Waals surface area contributed by atoms with Gasteiger partial charge in [-0.2, -0.15) is 0 Å². The number of rotatable bonds is 1. The van der Waals surface area contributed by atoms with E-state index in [0.717, 1.165) is 5.52 Å². The summed E-state index contributed by atoms with van der Waals surface area (Å²) in [5, 5.41) is 1.26. The van der Waals surface area contributed by atoms with Crippen molar-refractivity contribution in [2.45, 2.75) is 46.0 Å². The fourth-order valence-corrected chi connectivity index (χ4v) is 2.54. The number of nitrogens with zero attached hydrogens (tertiary/aromatic N) is 2. The molecule has 0 aliphatic carbocycles. The van der Waals surface area contributed by atoms with Crippen LogP contribution in [-0.4, -0.2) is 4.98 Å². The van der Waals surface area contributed by atoms with E-state index in [1.54, 1.807) is 0 Å². The Labute approximate surface area is 110 Å². The van der Waals surface area contributed by atoms with E-state index in [1.807, 2.05) is 6.33 Å². The average Bonchev–Trinajstić information content (AvgIpc) is 2.26. The summed E-state index contributed by atoms with van der Waals surface area (Å²) in [4.78, 5) is 4.56. The first kappa shape index (κ1) is 13.0. The highest BCUT2D eigenvalue weighted by Crippen LogP contribution is 2.27. The number of hydrogen-bond donors (Lipinski definition) is 0. The average molecular weight is 243 g/mol. The van der Waals surface area contributed by atoms with Crippen LogP contribution in [0.5, 0.6) is 0 Å². The normalized spacial score (nSPS) is 12.4. The molecule has 0 spiro atoms. The molecule has 18 heavy (non-hydrogen) atoms. The Morgan fingerprint density at radius 2 is 1.83 bits per heavy atom. The molecule has 0 saturated carbocycles. The van der Waals surface area contributed by atoms with Gasteiger partial charge in [-0.25, -0.2) is 4.57 Å². The molecule has 1 heterocycles. The van der Waals surface area contributed by atoms with Gasteiger partial charge in [0.2, 0.25) is 0 Å². The molecule has 2 aromatic rings. The molecule has 2 heteroatoms. The van der Waals surface area contributed by atoms with E-state index in [9.17, 15) is 0 Å². The molecule has 1 aromatic heterocycles. The molecule has 0 radical (unpaired) electrons. The molecule has 1 aromatic carbocycles. The van der Waals surface area contributed by atoms with Crippen LogP contribution in [0.4, 0.5) is 0 Å². The van der Waals surface area contributed by atoms with Crippen molar-refractivity contribution in [2.24, 2.45) is 7.05 Å². The smallest absolute Gasteiger partial charge is 0.236 e. The number of aryl methyl sites for hydroxylation is 1. The summed E-state index contributed by atoms with van der Waals surface area (Å²) < 4.78 is 2.14. The molecule has 0 N–H and O–H groups in total. The molecule has 0 bridgehead atoms. The second kappa shape index (κ2) is 4.34. The minimum atomic E-state index is 0.120. The van der Waals surface area contributed by atoms with Crippen molar-refractivity contribution in [3.05, 3.63) is 35.8 Å². The third kappa shape index (κ3) is 2.24. The molecule has 2 rings (SSSR count). The lowest BCUT2D eigenvalue weighted by Crippen LogP contribution is -2.40. The third-order valence-electron chi connectivity index (χ3n) is 3.38. The van der Waals surface area contributed by atoms with Crippen LogP contribution in [0.15, 0.2) is 24.5 Å². The van der Waals surface area contributed by atoms with Crippen LogP contribution in [-0.2, 0) is 12.5 Å². The Hall–Kier alpha value is -1.44. The summed E-state index contributed by atoms with van der Waals surface area (Å²) in [6, 6.07) is 6.66. The molecule has 0 unspecified atom stereocenters. The van der Waals surface area contributed by atoms with Crippen LogP contribution >= 0.6 is 0 Å². The van der Waals surface area contributed by atoms with E-state index in [2.05, 4.69) is 69.4 Å².